The smallest absolute Gasteiger partial charge is 0.142 e. The molecule has 1 aliphatic heterocycles. The van der Waals surface area contributed by atoms with Crippen molar-refractivity contribution in [2.24, 2.45) is 9.98 Å². The fourth-order valence-electron chi connectivity index (χ4n) is 4.27. The number of halogens is 1. The first kappa shape index (κ1) is 25.5. The van der Waals surface area contributed by atoms with Gasteiger partial charge in [-0.3, -0.25) is 4.99 Å². The molecule has 0 saturated heterocycles. The Balaban J connectivity index is 1.47. The maximum Gasteiger partial charge on any atom is 0.142 e. The standard InChI is InChI=1S/C27H35FN4O2S/c1-18-16-32(17-34-10-11-35(3,4)5)27-26(18)22(8-9-29-27)14-21-7-6-20(12-23(21)28)13-25(33)24-15-30-19(2)31-24/h6-9,12,16,25,33H,10-11,13-15,17H2,1-5H3. The molecule has 35 heavy (non-hydrogen) atoms. The molecule has 2 aromatic heterocycles. The van der Waals surface area contributed by atoms with Crippen molar-refractivity contribution in [3.63, 3.8) is 0 Å². The van der Waals surface area contributed by atoms with E-state index in [1.807, 2.05) is 22.8 Å². The lowest BCUT2D eigenvalue weighted by atomic mass is 9.98. The van der Waals surface area contributed by atoms with Crippen LogP contribution in [0.2, 0.25) is 0 Å². The van der Waals surface area contributed by atoms with Gasteiger partial charge in [-0.2, -0.15) is 0 Å². The summed E-state index contributed by atoms with van der Waals surface area (Å²) in [5.74, 6) is 1.47. The topological polar surface area (TPSA) is 72.0 Å². The molecule has 1 aliphatic rings. The molecule has 3 heterocycles. The van der Waals surface area contributed by atoms with Crippen molar-refractivity contribution in [2.75, 3.05) is 37.7 Å². The summed E-state index contributed by atoms with van der Waals surface area (Å²) in [6.45, 7) is 5.46. The fraction of sp³-hybridized carbons (Fsp3) is 0.444. The molecule has 3 aromatic rings. The Labute approximate surface area is 208 Å². The van der Waals surface area contributed by atoms with E-state index in [9.17, 15) is 5.11 Å². The number of aromatic nitrogens is 2. The number of hydrogen-bond donors (Lipinski definition) is 1. The quantitative estimate of drug-likeness (QED) is 0.418. The third-order valence-electron chi connectivity index (χ3n) is 6.19. The number of pyridine rings is 1. The summed E-state index contributed by atoms with van der Waals surface area (Å²) in [6.07, 6.45) is 10.7. The molecule has 0 aliphatic carbocycles. The molecule has 0 radical (unpaired) electrons. The summed E-state index contributed by atoms with van der Waals surface area (Å²) in [5, 5.41) is 11.5. The molecule has 1 unspecified atom stereocenters. The van der Waals surface area contributed by atoms with Crippen LogP contribution in [0.4, 0.5) is 4.39 Å². The Morgan fingerprint density at radius 1 is 1.17 bits per heavy atom. The molecule has 0 spiro atoms. The summed E-state index contributed by atoms with van der Waals surface area (Å²) in [4.78, 5) is 13.0. The van der Waals surface area contributed by atoms with Gasteiger partial charge in [0.15, 0.2) is 0 Å². The molecule has 1 atom stereocenters. The Morgan fingerprint density at radius 3 is 2.66 bits per heavy atom. The van der Waals surface area contributed by atoms with Gasteiger partial charge in [-0.05, 0) is 67.0 Å². The molecular weight excluding hydrogens is 463 g/mol. The van der Waals surface area contributed by atoms with Crippen LogP contribution in [0.15, 0.2) is 46.6 Å². The Kier molecular flexibility index (Phi) is 7.73. The van der Waals surface area contributed by atoms with Crippen molar-refractivity contribution in [1.29, 1.82) is 0 Å². The van der Waals surface area contributed by atoms with Gasteiger partial charge >= 0.3 is 0 Å². The van der Waals surface area contributed by atoms with Crippen LogP contribution in [-0.4, -0.2) is 70.0 Å². The van der Waals surface area contributed by atoms with Gasteiger partial charge in [0.25, 0.3) is 0 Å². The van der Waals surface area contributed by atoms with Crippen molar-refractivity contribution < 1.29 is 14.2 Å². The van der Waals surface area contributed by atoms with Gasteiger partial charge in [-0.25, -0.2) is 24.4 Å². The van der Waals surface area contributed by atoms with E-state index in [1.54, 1.807) is 13.1 Å². The van der Waals surface area contributed by atoms with Gasteiger partial charge in [0.05, 0.1) is 25.0 Å². The number of fused-ring (bicyclic) bond motifs is 1. The molecular formula is C27H35FN4O2S. The minimum Gasteiger partial charge on any atom is -0.387 e. The predicted octanol–water partition coefficient (Wildman–Crippen LogP) is 4.52. The maximum absolute atomic E-state index is 15.1. The van der Waals surface area contributed by atoms with Gasteiger partial charge < -0.3 is 14.4 Å². The van der Waals surface area contributed by atoms with Gasteiger partial charge in [0, 0.05) is 36.4 Å². The number of aliphatic imine (C=N–C) groups is 2. The van der Waals surface area contributed by atoms with Crippen LogP contribution in [-0.2, 0) is 24.3 Å². The van der Waals surface area contributed by atoms with Crippen LogP contribution in [0.5, 0.6) is 0 Å². The SMILES string of the molecule is CC1=NCC(C(O)Cc2ccc(Cc3ccnc4c3c(C)cn4COCCS(C)(C)C)c(F)c2)=N1. The van der Waals surface area contributed by atoms with Crippen LogP contribution in [0.3, 0.4) is 0 Å². The molecule has 6 nitrogen and oxygen atoms in total. The average Bonchev–Trinajstić information content (AvgIpc) is 3.36. The summed E-state index contributed by atoms with van der Waals surface area (Å²) in [7, 11) is -0.588. The number of aliphatic hydroxyl groups excluding tert-OH is 1. The second kappa shape index (κ2) is 10.6. The summed E-state index contributed by atoms with van der Waals surface area (Å²) in [5.41, 5.74) is 4.98. The number of rotatable bonds is 10. The first-order valence-electron chi connectivity index (χ1n) is 11.8. The molecule has 0 amide bonds. The predicted molar refractivity (Wildman–Crippen MR) is 145 cm³/mol. The lowest BCUT2D eigenvalue weighted by molar-refractivity contribution is 0.0923. The number of nitrogens with zero attached hydrogens (tertiary/aromatic N) is 4. The number of aliphatic hydroxyl groups is 1. The van der Waals surface area contributed by atoms with E-state index in [1.165, 1.54) is 6.07 Å². The average molecular weight is 499 g/mol. The lowest BCUT2D eigenvalue weighted by Gasteiger charge is -2.24. The molecule has 8 heteroatoms. The third-order valence-corrected chi connectivity index (χ3v) is 7.58. The summed E-state index contributed by atoms with van der Waals surface area (Å²) >= 11 is 0. The van der Waals surface area contributed by atoms with E-state index in [-0.39, 0.29) is 5.82 Å². The van der Waals surface area contributed by atoms with E-state index >= 15 is 4.39 Å². The first-order chi connectivity index (χ1) is 16.6. The zero-order valence-electron chi connectivity index (χ0n) is 21.2. The van der Waals surface area contributed by atoms with Gasteiger partial charge in [-0.1, -0.05) is 12.1 Å². The van der Waals surface area contributed by atoms with Crippen molar-refractivity contribution >= 4 is 32.6 Å². The van der Waals surface area contributed by atoms with E-state index in [0.29, 0.717) is 43.2 Å². The van der Waals surface area contributed by atoms with Crippen LogP contribution < -0.4 is 0 Å². The second-order valence-corrected chi connectivity index (χ2v) is 14.7. The highest BCUT2D eigenvalue weighted by Crippen LogP contribution is 2.33. The van der Waals surface area contributed by atoms with Gasteiger partial charge in [0.1, 0.15) is 24.0 Å². The van der Waals surface area contributed by atoms with E-state index in [4.69, 9.17) is 4.74 Å². The van der Waals surface area contributed by atoms with Crippen LogP contribution >= 0.6 is 10.0 Å². The van der Waals surface area contributed by atoms with Gasteiger partial charge in [-0.15, -0.1) is 0 Å². The molecule has 188 valence electrons. The molecule has 0 saturated carbocycles. The maximum atomic E-state index is 15.1. The Bertz CT molecular complexity index is 1280. The zero-order chi connectivity index (χ0) is 25.2. The molecule has 0 fully saturated rings. The Hall–Kier alpha value is -2.55. The molecule has 0 bridgehead atoms. The van der Waals surface area contributed by atoms with Crippen molar-refractivity contribution in [2.45, 2.75) is 39.5 Å². The minimum atomic E-state index is -0.754. The minimum absolute atomic E-state index is 0.273. The molecule has 1 N–H and O–H groups in total. The van der Waals surface area contributed by atoms with E-state index < -0.39 is 16.1 Å². The highest BCUT2D eigenvalue weighted by molar-refractivity contribution is 8.32. The van der Waals surface area contributed by atoms with E-state index in [0.717, 1.165) is 40.1 Å². The lowest BCUT2D eigenvalue weighted by Crippen LogP contribution is -2.24. The number of aryl methyl sites for hydroxylation is 1. The highest BCUT2D eigenvalue weighted by atomic mass is 32.3. The normalized spacial score (nSPS) is 15.4. The number of hydrogen-bond acceptors (Lipinski definition) is 5. The third kappa shape index (κ3) is 6.37. The monoisotopic (exact) mass is 498 g/mol. The van der Waals surface area contributed by atoms with Crippen LogP contribution in [0.25, 0.3) is 11.0 Å². The van der Waals surface area contributed by atoms with Gasteiger partial charge in [0.2, 0.25) is 0 Å². The molecule has 1 aromatic carbocycles. The fourth-order valence-corrected chi connectivity index (χ4v) is 4.89. The summed E-state index contributed by atoms with van der Waals surface area (Å²) < 4.78 is 23.0. The van der Waals surface area contributed by atoms with Crippen LogP contribution in [0.1, 0.15) is 29.2 Å². The number of amidine groups is 1. The van der Waals surface area contributed by atoms with Crippen molar-refractivity contribution in [1.82, 2.24) is 9.55 Å². The number of benzene rings is 1. The molecule has 4 rings (SSSR count). The van der Waals surface area contributed by atoms with Crippen LogP contribution in [0, 0.1) is 12.7 Å². The second-order valence-electron chi connectivity index (χ2n) is 10.1. The van der Waals surface area contributed by atoms with Crippen molar-refractivity contribution in [3.8, 4) is 0 Å². The highest BCUT2D eigenvalue weighted by Gasteiger charge is 2.18. The van der Waals surface area contributed by atoms with Crippen molar-refractivity contribution in [3.05, 3.63) is 64.7 Å². The first-order valence-corrected chi connectivity index (χ1v) is 14.8. The number of ether oxygens (including phenoxy) is 1. The van der Waals surface area contributed by atoms with E-state index in [2.05, 4.69) is 46.9 Å². The summed E-state index contributed by atoms with van der Waals surface area (Å²) in [6, 6.07) is 7.17. The largest absolute Gasteiger partial charge is 0.387 e. The zero-order valence-corrected chi connectivity index (χ0v) is 22.0. The Morgan fingerprint density at radius 2 is 1.97 bits per heavy atom.